The van der Waals surface area contributed by atoms with E-state index in [1.807, 2.05) is 19.9 Å². The Balaban J connectivity index is 2.10. The monoisotopic (exact) mass is 373 g/mol. The molecule has 2 aromatic rings. The molecular formula is C22H28ClNO2. The molecule has 2 aromatic carbocycles. The van der Waals surface area contributed by atoms with Gasteiger partial charge in [0.2, 0.25) is 0 Å². The minimum Gasteiger partial charge on any atom is -0.481 e. The molecule has 0 aliphatic rings. The van der Waals surface area contributed by atoms with Crippen LogP contribution in [0.3, 0.4) is 0 Å². The van der Waals surface area contributed by atoms with Gasteiger partial charge in [0, 0.05) is 5.02 Å². The summed E-state index contributed by atoms with van der Waals surface area (Å²) in [5.41, 5.74) is 4.54. The first-order valence-corrected chi connectivity index (χ1v) is 9.53. The fraction of sp³-hybridized carbons (Fsp3) is 0.409. The Bertz CT molecular complexity index is 773. The van der Waals surface area contributed by atoms with E-state index in [1.165, 1.54) is 11.1 Å². The van der Waals surface area contributed by atoms with E-state index >= 15 is 0 Å². The largest absolute Gasteiger partial charge is 0.481 e. The fourth-order valence-electron chi connectivity index (χ4n) is 2.84. The Morgan fingerprint density at radius 3 is 2.31 bits per heavy atom. The van der Waals surface area contributed by atoms with E-state index in [0.717, 1.165) is 17.5 Å². The summed E-state index contributed by atoms with van der Waals surface area (Å²) in [5, 5.41) is 3.83. The third-order valence-corrected chi connectivity index (χ3v) is 5.15. The van der Waals surface area contributed by atoms with Crippen molar-refractivity contribution in [3.63, 3.8) is 0 Å². The number of halogens is 1. The molecular weight excluding hydrogens is 346 g/mol. The average molecular weight is 374 g/mol. The number of ether oxygens (including phenoxy) is 1. The molecule has 0 aliphatic heterocycles. The Morgan fingerprint density at radius 2 is 1.73 bits per heavy atom. The Morgan fingerprint density at radius 1 is 1.00 bits per heavy atom. The van der Waals surface area contributed by atoms with Gasteiger partial charge in [-0.05, 0) is 74.1 Å². The number of nitrogens with one attached hydrogen (secondary N) is 1. The van der Waals surface area contributed by atoms with Crippen molar-refractivity contribution in [1.29, 1.82) is 0 Å². The van der Waals surface area contributed by atoms with Crippen LogP contribution in [0.1, 0.15) is 55.0 Å². The highest BCUT2D eigenvalue weighted by Crippen LogP contribution is 2.24. The van der Waals surface area contributed by atoms with Crippen LogP contribution in [-0.2, 0) is 4.79 Å². The first-order chi connectivity index (χ1) is 12.3. The quantitative estimate of drug-likeness (QED) is 0.676. The minimum absolute atomic E-state index is 0.0218. The van der Waals surface area contributed by atoms with Crippen LogP contribution < -0.4 is 10.1 Å². The summed E-state index contributed by atoms with van der Waals surface area (Å²) in [6.07, 6.45) is 0.887. The molecule has 0 saturated heterocycles. The molecule has 0 aromatic heterocycles. The van der Waals surface area contributed by atoms with Gasteiger partial charge in [-0.3, -0.25) is 4.79 Å². The number of aryl methyl sites for hydroxylation is 3. The lowest BCUT2D eigenvalue weighted by Crippen LogP contribution is -2.40. The van der Waals surface area contributed by atoms with Crippen molar-refractivity contribution < 1.29 is 9.53 Å². The second-order valence-electron chi connectivity index (χ2n) is 6.74. The topological polar surface area (TPSA) is 38.3 Å². The zero-order valence-electron chi connectivity index (χ0n) is 16.2. The van der Waals surface area contributed by atoms with E-state index < -0.39 is 6.10 Å². The maximum Gasteiger partial charge on any atom is 0.261 e. The van der Waals surface area contributed by atoms with Crippen LogP contribution in [0.5, 0.6) is 5.75 Å². The lowest BCUT2D eigenvalue weighted by atomic mass is 9.99. The number of hydrogen-bond acceptors (Lipinski definition) is 2. The van der Waals surface area contributed by atoms with E-state index in [-0.39, 0.29) is 11.9 Å². The van der Waals surface area contributed by atoms with Crippen molar-refractivity contribution in [1.82, 2.24) is 5.32 Å². The van der Waals surface area contributed by atoms with E-state index in [0.29, 0.717) is 17.2 Å². The van der Waals surface area contributed by atoms with Crippen molar-refractivity contribution >= 4 is 17.5 Å². The highest BCUT2D eigenvalue weighted by atomic mass is 35.5. The predicted molar refractivity (Wildman–Crippen MR) is 108 cm³/mol. The molecule has 0 unspecified atom stereocenters. The number of rotatable bonds is 7. The third-order valence-electron chi connectivity index (χ3n) is 4.73. The second kappa shape index (κ2) is 9.09. The number of carbonyl (C=O) groups excluding carboxylic acids is 1. The maximum absolute atomic E-state index is 12.8. The summed E-state index contributed by atoms with van der Waals surface area (Å²) in [7, 11) is 0. The molecule has 0 radical (unpaired) electrons. The summed E-state index contributed by atoms with van der Waals surface area (Å²) < 4.78 is 5.91. The molecule has 0 fully saturated rings. The van der Waals surface area contributed by atoms with Crippen molar-refractivity contribution in [3.05, 3.63) is 63.7 Å². The molecule has 0 saturated carbocycles. The molecule has 26 heavy (non-hydrogen) atoms. The average Bonchev–Trinajstić information content (AvgIpc) is 2.62. The van der Waals surface area contributed by atoms with Crippen LogP contribution in [0.4, 0.5) is 0 Å². The van der Waals surface area contributed by atoms with Crippen LogP contribution in [0, 0.1) is 20.8 Å². The van der Waals surface area contributed by atoms with Crippen molar-refractivity contribution in [2.24, 2.45) is 0 Å². The molecule has 1 amide bonds. The second-order valence-corrected chi connectivity index (χ2v) is 7.15. The van der Waals surface area contributed by atoms with Gasteiger partial charge in [-0.25, -0.2) is 0 Å². The van der Waals surface area contributed by atoms with Crippen LogP contribution in [0.2, 0.25) is 5.02 Å². The third kappa shape index (κ3) is 5.01. The smallest absolute Gasteiger partial charge is 0.261 e. The summed E-state index contributed by atoms with van der Waals surface area (Å²) in [4.78, 5) is 12.8. The first-order valence-electron chi connectivity index (χ1n) is 9.16. The molecule has 0 bridgehead atoms. The van der Waals surface area contributed by atoms with Gasteiger partial charge in [0.15, 0.2) is 6.10 Å². The van der Waals surface area contributed by atoms with Gasteiger partial charge in [0.1, 0.15) is 5.75 Å². The van der Waals surface area contributed by atoms with Gasteiger partial charge in [0.25, 0.3) is 5.91 Å². The molecule has 1 N–H and O–H groups in total. The zero-order chi connectivity index (χ0) is 19.3. The Hall–Kier alpha value is -2.00. The first kappa shape index (κ1) is 20.3. The Kier molecular flexibility index (Phi) is 7.10. The van der Waals surface area contributed by atoms with E-state index in [9.17, 15) is 4.79 Å². The summed E-state index contributed by atoms with van der Waals surface area (Å²) in [5.74, 6) is 0.568. The Labute approximate surface area is 161 Å². The van der Waals surface area contributed by atoms with Crippen LogP contribution >= 0.6 is 11.6 Å². The maximum atomic E-state index is 12.8. The SMILES string of the molecule is CC[C@H](Oc1ccc(Cl)c(C)c1)C(=O)N[C@@H](CC)c1ccc(C)c(C)c1. The van der Waals surface area contributed by atoms with E-state index in [1.54, 1.807) is 12.1 Å². The standard InChI is InChI=1S/C22H28ClNO2/c1-6-20(17-9-8-14(3)15(4)12-17)24-22(25)21(7-2)26-18-10-11-19(23)16(5)13-18/h8-13,20-21H,6-7H2,1-5H3,(H,24,25)/t20-,21-/m0/s1. The van der Waals surface area contributed by atoms with Crippen molar-refractivity contribution in [3.8, 4) is 5.75 Å². The molecule has 2 rings (SSSR count). The van der Waals surface area contributed by atoms with E-state index in [4.69, 9.17) is 16.3 Å². The number of amides is 1. The summed E-state index contributed by atoms with van der Waals surface area (Å²) in [6, 6.07) is 11.8. The van der Waals surface area contributed by atoms with Gasteiger partial charge >= 0.3 is 0 Å². The van der Waals surface area contributed by atoms with Crippen LogP contribution in [0.25, 0.3) is 0 Å². The van der Waals surface area contributed by atoms with Crippen molar-refractivity contribution in [2.45, 2.75) is 59.6 Å². The number of hydrogen-bond donors (Lipinski definition) is 1. The molecule has 0 heterocycles. The summed E-state index contributed by atoms with van der Waals surface area (Å²) in [6.45, 7) is 10.1. The summed E-state index contributed by atoms with van der Waals surface area (Å²) >= 11 is 6.06. The number of benzene rings is 2. The van der Waals surface area contributed by atoms with E-state index in [2.05, 4.69) is 44.3 Å². The van der Waals surface area contributed by atoms with Gasteiger partial charge in [-0.1, -0.05) is 43.6 Å². The normalized spacial score (nSPS) is 13.2. The fourth-order valence-corrected chi connectivity index (χ4v) is 2.96. The van der Waals surface area contributed by atoms with Gasteiger partial charge < -0.3 is 10.1 Å². The molecule has 0 spiro atoms. The molecule has 2 atom stereocenters. The molecule has 4 heteroatoms. The van der Waals surface area contributed by atoms with Crippen LogP contribution in [0.15, 0.2) is 36.4 Å². The minimum atomic E-state index is -0.531. The van der Waals surface area contributed by atoms with Gasteiger partial charge in [-0.2, -0.15) is 0 Å². The van der Waals surface area contributed by atoms with Crippen molar-refractivity contribution in [2.75, 3.05) is 0 Å². The predicted octanol–water partition coefficient (Wildman–Crippen LogP) is 5.69. The zero-order valence-corrected chi connectivity index (χ0v) is 17.0. The molecule has 0 aliphatic carbocycles. The molecule has 3 nitrogen and oxygen atoms in total. The molecule has 140 valence electrons. The lowest BCUT2D eigenvalue weighted by Gasteiger charge is -2.23. The van der Waals surface area contributed by atoms with Crippen LogP contribution in [-0.4, -0.2) is 12.0 Å². The van der Waals surface area contributed by atoms with Gasteiger partial charge in [-0.15, -0.1) is 0 Å². The highest BCUT2D eigenvalue weighted by molar-refractivity contribution is 6.31. The lowest BCUT2D eigenvalue weighted by molar-refractivity contribution is -0.128. The highest BCUT2D eigenvalue weighted by Gasteiger charge is 2.22. The van der Waals surface area contributed by atoms with Gasteiger partial charge in [0.05, 0.1) is 6.04 Å². The number of carbonyl (C=O) groups is 1.